The van der Waals surface area contributed by atoms with Gasteiger partial charge < -0.3 is 14.2 Å². The number of nitrogens with one attached hydrogen (secondary N) is 1. The van der Waals surface area contributed by atoms with Gasteiger partial charge in [0.1, 0.15) is 23.2 Å². The monoisotopic (exact) mass is 470 g/mol. The number of hydrogen-bond acceptors (Lipinski definition) is 8. The van der Waals surface area contributed by atoms with E-state index in [1.807, 2.05) is 18.4 Å². The molecule has 0 spiro atoms. The van der Waals surface area contributed by atoms with Gasteiger partial charge in [0, 0.05) is 45.2 Å². The van der Waals surface area contributed by atoms with Crippen molar-refractivity contribution < 1.29 is 18.4 Å². The van der Waals surface area contributed by atoms with Crippen LogP contribution in [0.2, 0.25) is 5.02 Å². The van der Waals surface area contributed by atoms with Crippen molar-refractivity contribution in [3.63, 3.8) is 0 Å². The standard InChI is InChI=1S/C19H27ClN6O4S/c1-11-8-15(30-11)18-23-24-19(26(18)14-4-6-29-7-5-14)25-31(27)12(2)16(28-3)17-21-9-13(20)10-22-17/h9-12,14-16H,4-8H2,1-3H3,(H,24,25)/t11-,12?,15?,16?,31?/m1/s1. The van der Waals surface area contributed by atoms with Crippen molar-refractivity contribution in [3.05, 3.63) is 29.1 Å². The van der Waals surface area contributed by atoms with Crippen LogP contribution in [-0.4, -0.2) is 60.6 Å². The van der Waals surface area contributed by atoms with E-state index in [0.717, 1.165) is 25.1 Å². The highest BCUT2D eigenvalue weighted by atomic mass is 35.5. The SMILES string of the molecule is COC(c1ncc(Cl)cn1)C(C)S(=O)Nc1nnc(C2C[C@@H](C)O2)n1C1CCOCC1. The van der Waals surface area contributed by atoms with E-state index >= 15 is 0 Å². The largest absolute Gasteiger partial charge is 0.381 e. The third-order valence-electron chi connectivity index (χ3n) is 5.61. The van der Waals surface area contributed by atoms with Gasteiger partial charge in [0.05, 0.1) is 16.4 Å². The van der Waals surface area contributed by atoms with Gasteiger partial charge in [-0.15, -0.1) is 10.2 Å². The van der Waals surface area contributed by atoms with Gasteiger partial charge in [-0.3, -0.25) is 9.29 Å². The molecule has 4 heterocycles. The van der Waals surface area contributed by atoms with Gasteiger partial charge in [0.25, 0.3) is 0 Å². The van der Waals surface area contributed by atoms with Gasteiger partial charge in [-0.25, -0.2) is 14.2 Å². The highest BCUT2D eigenvalue weighted by Gasteiger charge is 2.36. The van der Waals surface area contributed by atoms with Crippen LogP contribution in [0.4, 0.5) is 5.95 Å². The fourth-order valence-corrected chi connectivity index (χ4v) is 4.96. The van der Waals surface area contributed by atoms with Gasteiger partial charge >= 0.3 is 0 Å². The first-order valence-electron chi connectivity index (χ1n) is 10.3. The quantitative estimate of drug-likeness (QED) is 0.626. The minimum absolute atomic E-state index is 0.0963. The lowest BCUT2D eigenvalue weighted by molar-refractivity contribution is -0.123. The van der Waals surface area contributed by atoms with Crippen LogP contribution in [0.15, 0.2) is 12.4 Å². The molecule has 2 fully saturated rings. The summed E-state index contributed by atoms with van der Waals surface area (Å²) in [5.41, 5.74) is 0. The zero-order valence-corrected chi connectivity index (χ0v) is 19.3. The maximum Gasteiger partial charge on any atom is 0.236 e. The highest BCUT2D eigenvalue weighted by Crippen LogP contribution is 2.38. The van der Waals surface area contributed by atoms with E-state index in [9.17, 15) is 4.21 Å². The molecule has 2 aromatic rings. The zero-order chi connectivity index (χ0) is 22.0. The first kappa shape index (κ1) is 22.5. The van der Waals surface area contributed by atoms with Crippen LogP contribution in [0.3, 0.4) is 0 Å². The molecule has 12 heteroatoms. The Morgan fingerprint density at radius 3 is 2.58 bits per heavy atom. The Labute approximate surface area is 188 Å². The fourth-order valence-electron chi connectivity index (χ4n) is 3.90. The number of hydrogen-bond donors (Lipinski definition) is 1. The summed E-state index contributed by atoms with van der Waals surface area (Å²) in [6.45, 7) is 5.18. The molecule has 2 aromatic heterocycles. The maximum absolute atomic E-state index is 13.2. The lowest BCUT2D eigenvalue weighted by Gasteiger charge is -2.35. The summed E-state index contributed by atoms with van der Waals surface area (Å²) in [5, 5.41) is 8.64. The Kier molecular flexibility index (Phi) is 7.17. The molecule has 10 nitrogen and oxygen atoms in total. The van der Waals surface area contributed by atoms with Crippen LogP contribution in [0.1, 0.15) is 63.0 Å². The molecule has 1 N–H and O–H groups in total. The second-order valence-electron chi connectivity index (χ2n) is 7.79. The third kappa shape index (κ3) is 4.90. The Balaban J connectivity index is 1.54. The smallest absolute Gasteiger partial charge is 0.236 e. The van der Waals surface area contributed by atoms with Gasteiger partial charge in [0.2, 0.25) is 5.95 Å². The first-order valence-corrected chi connectivity index (χ1v) is 11.9. The van der Waals surface area contributed by atoms with Gasteiger partial charge in [-0.1, -0.05) is 11.6 Å². The maximum atomic E-state index is 13.2. The van der Waals surface area contributed by atoms with E-state index in [2.05, 4.69) is 24.9 Å². The molecule has 170 valence electrons. The number of ether oxygens (including phenoxy) is 3. The molecule has 4 rings (SSSR count). The van der Waals surface area contributed by atoms with Crippen LogP contribution in [0.25, 0.3) is 0 Å². The molecule has 2 aliphatic rings. The molecule has 0 saturated carbocycles. The van der Waals surface area contributed by atoms with Gasteiger partial charge in [-0.05, 0) is 26.7 Å². The molecule has 31 heavy (non-hydrogen) atoms. The topological polar surface area (TPSA) is 113 Å². The van der Waals surface area contributed by atoms with Crippen molar-refractivity contribution in [3.8, 4) is 0 Å². The molecular formula is C19H27ClN6O4S. The number of aromatic nitrogens is 5. The summed E-state index contributed by atoms with van der Waals surface area (Å²) >= 11 is 5.88. The molecule has 2 aliphatic heterocycles. The summed E-state index contributed by atoms with van der Waals surface area (Å²) < 4.78 is 35.2. The molecule has 4 unspecified atom stereocenters. The van der Waals surface area contributed by atoms with Crippen molar-refractivity contribution in [1.82, 2.24) is 24.7 Å². The van der Waals surface area contributed by atoms with Crippen molar-refractivity contribution >= 4 is 28.5 Å². The Hall–Kier alpha value is -1.66. The Morgan fingerprint density at radius 1 is 1.29 bits per heavy atom. The zero-order valence-electron chi connectivity index (χ0n) is 17.7. The molecule has 2 saturated heterocycles. The molecule has 0 amide bonds. The summed E-state index contributed by atoms with van der Waals surface area (Å²) in [6, 6.07) is 0.158. The predicted octanol–water partition coefficient (Wildman–Crippen LogP) is 2.77. The number of nitrogens with zero attached hydrogens (tertiary/aromatic N) is 5. The van der Waals surface area contributed by atoms with Crippen molar-refractivity contribution in [2.75, 3.05) is 25.0 Å². The molecule has 5 atom stereocenters. The summed E-state index contributed by atoms with van der Waals surface area (Å²) in [7, 11) is -0.00470. The Morgan fingerprint density at radius 2 is 1.97 bits per heavy atom. The van der Waals surface area contributed by atoms with Gasteiger partial charge in [-0.2, -0.15) is 0 Å². The van der Waals surface area contributed by atoms with E-state index in [1.165, 1.54) is 19.5 Å². The molecular weight excluding hydrogens is 444 g/mol. The van der Waals surface area contributed by atoms with Crippen LogP contribution in [0, 0.1) is 0 Å². The lowest BCUT2D eigenvalue weighted by Crippen LogP contribution is -2.33. The minimum atomic E-state index is -1.54. The van der Waals surface area contributed by atoms with Gasteiger partial charge in [0.15, 0.2) is 11.6 Å². The van der Waals surface area contributed by atoms with E-state index in [-0.39, 0.29) is 18.2 Å². The molecule has 0 aliphatic carbocycles. The van der Waals surface area contributed by atoms with Crippen molar-refractivity contribution in [2.24, 2.45) is 0 Å². The van der Waals surface area contributed by atoms with Crippen LogP contribution >= 0.6 is 11.6 Å². The summed E-state index contributed by atoms with van der Waals surface area (Å²) in [5.74, 6) is 1.64. The van der Waals surface area contributed by atoms with Crippen LogP contribution in [-0.2, 0) is 25.2 Å². The van der Waals surface area contributed by atoms with E-state index in [1.54, 1.807) is 0 Å². The Bertz CT molecular complexity index is 901. The van der Waals surface area contributed by atoms with E-state index in [0.29, 0.717) is 30.0 Å². The highest BCUT2D eigenvalue weighted by molar-refractivity contribution is 7.87. The van der Waals surface area contributed by atoms with Crippen molar-refractivity contribution in [1.29, 1.82) is 0 Å². The number of rotatable bonds is 8. The first-order chi connectivity index (χ1) is 15.0. The third-order valence-corrected chi connectivity index (χ3v) is 7.11. The molecule has 0 aromatic carbocycles. The fraction of sp³-hybridized carbons (Fsp3) is 0.684. The van der Waals surface area contributed by atoms with Crippen LogP contribution in [0.5, 0.6) is 0 Å². The molecule has 0 radical (unpaired) electrons. The average Bonchev–Trinajstić information content (AvgIpc) is 3.16. The second kappa shape index (κ2) is 9.86. The summed E-state index contributed by atoms with van der Waals surface area (Å²) in [4.78, 5) is 8.42. The predicted molar refractivity (Wildman–Crippen MR) is 115 cm³/mol. The minimum Gasteiger partial charge on any atom is -0.381 e. The van der Waals surface area contributed by atoms with Crippen molar-refractivity contribution in [2.45, 2.75) is 62.7 Å². The van der Waals surface area contributed by atoms with Crippen LogP contribution < -0.4 is 4.72 Å². The average molecular weight is 471 g/mol. The molecule has 0 bridgehead atoms. The number of anilines is 1. The number of halogens is 1. The second-order valence-corrected chi connectivity index (χ2v) is 9.77. The lowest BCUT2D eigenvalue weighted by atomic mass is 10.0. The van der Waals surface area contributed by atoms with E-state index in [4.69, 9.17) is 25.8 Å². The number of methoxy groups -OCH3 is 1. The van der Waals surface area contributed by atoms with E-state index < -0.39 is 22.3 Å². The normalized spacial score (nSPS) is 24.9. The summed E-state index contributed by atoms with van der Waals surface area (Å²) in [6.07, 6.45) is 5.07.